The zero-order valence-corrected chi connectivity index (χ0v) is 15.8. The molecule has 2 saturated heterocycles. The van der Waals surface area contributed by atoms with Crippen LogP contribution in [0.3, 0.4) is 0 Å². The van der Waals surface area contributed by atoms with E-state index in [4.69, 9.17) is 14.6 Å². The molecule has 2 aliphatic heterocycles. The van der Waals surface area contributed by atoms with Crippen molar-refractivity contribution in [2.75, 3.05) is 64.1 Å². The molecule has 144 valence electrons. The van der Waals surface area contributed by atoms with Gasteiger partial charge in [0.25, 0.3) is 5.91 Å². The van der Waals surface area contributed by atoms with Crippen LogP contribution in [0.2, 0.25) is 0 Å². The first-order valence-corrected chi connectivity index (χ1v) is 10.3. The van der Waals surface area contributed by atoms with E-state index in [1.165, 1.54) is 0 Å². The van der Waals surface area contributed by atoms with Crippen molar-refractivity contribution < 1.29 is 19.4 Å². The van der Waals surface area contributed by atoms with Gasteiger partial charge in [0.05, 0.1) is 19.8 Å². The first kappa shape index (κ1) is 19.4. The van der Waals surface area contributed by atoms with E-state index < -0.39 is 0 Å². The number of amides is 1. The number of aliphatic hydroxyl groups excluding tert-OH is 1. The average Bonchev–Trinajstić information content (AvgIpc) is 3.18. The SMILES string of the molecule is O=C(c1ccnc(OC2CCSC2)c1)N1CCN(CCOCCO)CC1. The Balaban J connectivity index is 1.47. The summed E-state index contributed by atoms with van der Waals surface area (Å²) in [4.78, 5) is 21.2. The smallest absolute Gasteiger partial charge is 0.254 e. The van der Waals surface area contributed by atoms with Crippen LogP contribution in [0.25, 0.3) is 0 Å². The van der Waals surface area contributed by atoms with E-state index in [9.17, 15) is 4.79 Å². The largest absolute Gasteiger partial charge is 0.473 e. The van der Waals surface area contributed by atoms with Crippen LogP contribution >= 0.6 is 11.8 Å². The van der Waals surface area contributed by atoms with Gasteiger partial charge in [0.1, 0.15) is 6.10 Å². The molecule has 0 radical (unpaired) electrons. The lowest BCUT2D eigenvalue weighted by molar-refractivity contribution is 0.0486. The Bertz CT molecular complexity index is 575. The monoisotopic (exact) mass is 381 g/mol. The molecule has 2 fully saturated rings. The number of aliphatic hydroxyl groups is 1. The number of pyridine rings is 1. The Kier molecular flexibility index (Phi) is 7.55. The van der Waals surface area contributed by atoms with Crippen molar-refractivity contribution in [1.82, 2.24) is 14.8 Å². The normalized spacial score (nSPS) is 21.1. The van der Waals surface area contributed by atoms with Crippen molar-refractivity contribution in [2.24, 2.45) is 0 Å². The summed E-state index contributed by atoms with van der Waals surface area (Å²) in [6.07, 6.45) is 2.89. The third kappa shape index (κ3) is 5.57. The molecule has 0 aliphatic carbocycles. The first-order valence-electron chi connectivity index (χ1n) is 9.17. The summed E-state index contributed by atoms with van der Waals surface area (Å²) in [5, 5.41) is 8.71. The summed E-state index contributed by atoms with van der Waals surface area (Å²) in [6, 6.07) is 3.52. The quantitative estimate of drug-likeness (QED) is 0.666. The maximum absolute atomic E-state index is 12.8. The van der Waals surface area contributed by atoms with Crippen molar-refractivity contribution in [2.45, 2.75) is 12.5 Å². The molecular formula is C18H27N3O4S. The van der Waals surface area contributed by atoms with Crippen LogP contribution in [-0.4, -0.2) is 96.0 Å². The third-order valence-corrected chi connectivity index (χ3v) is 5.74. The van der Waals surface area contributed by atoms with Crippen molar-refractivity contribution in [3.63, 3.8) is 0 Å². The maximum atomic E-state index is 12.8. The van der Waals surface area contributed by atoms with E-state index >= 15 is 0 Å². The summed E-state index contributed by atoms with van der Waals surface area (Å²) in [7, 11) is 0. The highest BCUT2D eigenvalue weighted by molar-refractivity contribution is 7.99. The number of hydrogen-bond acceptors (Lipinski definition) is 7. The molecule has 0 bridgehead atoms. The molecule has 7 nitrogen and oxygen atoms in total. The van der Waals surface area contributed by atoms with Gasteiger partial charge in [-0.2, -0.15) is 11.8 Å². The van der Waals surface area contributed by atoms with Crippen molar-refractivity contribution in [1.29, 1.82) is 0 Å². The van der Waals surface area contributed by atoms with Gasteiger partial charge in [0.15, 0.2) is 0 Å². The standard InChI is InChI=1S/C18H27N3O4S/c22-9-11-24-10-8-20-4-6-21(7-5-20)18(23)15-1-3-19-17(13-15)25-16-2-12-26-14-16/h1,3,13,16,22H,2,4-12,14H2. The van der Waals surface area contributed by atoms with Crippen LogP contribution in [0.4, 0.5) is 0 Å². The van der Waals surface area contributed by atoms with Crippen LogP contribution < -0.4 is 4.74 Å². The Labute approximate surface area is 158 Å². The second-order valence-corrected chi connectivity index (χ2v) is 7.61. The number of nitrogens with zero attached hydrogens (tertiary/aromatic N) is 3. The summed E-state index contributed by atoms with van der Waals surface area (Å²) < 4.78 is 11.2. The molecule has 1 amide bonds. The van der Waals surface area contributed by atoms with Gasteiger partial charge in [-0.3, -0.25) is 9.69 Å². The number of ether oxygens (including phenoxy) is 2. The highest BCUT2D eigenvalue weighted by atomic mass is 32.2. The predicted molar refractivity (Wildman–Crippen MR) is 101 cm³/mol. The first-order chi connectivity index (χ1) is 12.8. The Morgan fingerprint density at radius 1 is 1.31 bits per heavy atom. The van der Waals surface area contributed by atoms with Gasteiger partial charge in [0.2, 0.25) is 5.88 Å². The van der Waals surface area contributed by atoms with Gasteiger partial charge in [0, 0.05) is 56.3 Å². The zero-order chi connectivity index (χ0) is 18.2. The lowest BCUT2D eigenvalue weighted by Crippen LogP contribution is -2.49. The number of carbonyl (C=O) groups excluding carboxylic acids is 1. The fourth-order valence-electron chi connectivity index (χ4n) is 3.10. The minimum absolute atomic E-state index is 0.0363. The molecule has 0 aromatic carbocycles. The van der Waals surface area contributed by atoms with Crippen molar-refractivity contribution in [3.8, 4) is 5.88 Å². The summed E-state index contributed by atoms with van der Waals surface area (Å²) >= 11 is 1.89. The molecular weight excluding hydrogens is 354 g/mol. The number of thioether (sulfide) groups is 1. The third-order valence-electron chi connectivity index (χ3n) is 4.60. The maximum Gasteiger partial charge on any atom is 0.254 e. The lowest BCUT2D eigenvalue weighted by Gasteiger charge is -2.34. The van der Waals surface area contributed by atoms with E-state index in [0.29, 0.717) is 37.7 Å². The van der Waals surface area contributed by atoms with Gasteiger partial charge >= 0.3 is 0 Å². The zero-order valence-electron chi connectivity index (χ0n) is 15.0. The fourth-order valence-corrected chi connectivity index (χ4v) is 4.19. The molecule has 1 aromatic heterocycles. The fraction of sp³-hybridized carbons (Fsp3) is 0.667. The molecule has 0 spiro atoms. The highest BCUT2D eigenvalue weighted by Crippen LogP contribution is 2.22. The minimum atomic E-state index is 0.0363. The van der Waals surface area contributed by atoms with Gasteiger partial charge < -0.3 is 19.5 Å². The molecule has 8 heteroatoms. The number of hydrogen-bond donors (Lipinski definition) is 1. The van der Waals surface area contributed by atoms with E-state index in [2.05, 4.69) is 9.88 Å². The number of piperazine rings is 1. The molecule has 2 aliphatic rings. The van der Waals surface area contributed by atoms with Gasteiger partial charge in [-0.05, 0) is 18.2 Å². The molecule has 1 atom stereocenters. The molecule has 1 aromatic rings. The molecule has 3 heterocycles. The van der Waals surface area contributed by atoms with E-state index in [-0.39, 0.29) is 18.6 Å². The number of carbonyl (C=O) groups is 1. The molecule has 0 saturated carbocycles. The van der Waals surface area contributed by atoms with Crippen LogP contribution in [0.1, 0.15) is 16.8 Å². The Morgan fingerprint density at radius 2 is 2.15 bits per heavy atom. The van der Waals surface area contributed by atoms with Gasteiger partial charge in [-0.1, -0.05) is 0 Å². The molecule has 26 heavy (non-hydrogen) atoms. The van der Waals surface area contributed by atoms with Gasteiger partial charge in [-0.25, -0.2) is 4.98 Å². The predicted octanol–water partition coefficient (Wildman–Crippen LogP) is 0.733. The van der Waals surface area contributed by atoms with E-state index in [1.54, 1.807) is 18.3 Å². The second-order valence-electron chi connectivity index (χ2n) is 6.46. The minimum Gasteiger partial charge on any atom is -0.473 e. The Hall–Kier alpha value is -1.35. The highest BCUT2D eigenvalue weighted by Gasteiger charge is 2.23. The van der Waals surface area contributed by atoms with E-state index in [0.717, 1.165) is 37.6 Å². The molecule has 1 N–H and O–H groups in total. The second kappa shape index (κ2) is 10.1. The van der Waals surface area contributed by atoms with E-state index in [1.807, 2.05) is 16.7 Å². The van der Waals surface area contributed by atoms with Crippen LogP contribution in [0.5, 0.6) is 5.88 Å². The summed E-state index contributed by atoms with van der Waals surface area (Å²) in [6.45, 7) is 4.95. The van der Waals surface area contributed by atoms with Crippen LogP contribution in [0, 0.1) is 0 Å². The van der Waals surface area contributed by atoms with Crippen LogP contribution in [0.15, 0.2) is 18.3 Å². The van der Waals surface area contributed by atoms with Crippen molar-refractivity contribution in [3.05, 3.63) is 23.9 Å². The Morgan fingerprint density at radius 3 is 2.88 bits per heavy atom. The topological polar surface area (TPSA) is 75.1 Å². The number of aromatic nitrogens is 1. The summed E-state index contributed by atoms with van der Waals surface area (Å²) in [5.41, 5.74) is 0.639. The summed E-state index contributed by atoms with van der Waals surface area (Å²) in [5.74, 6) is 2.69. The average molecular weight is 381 g/mol. The van der Waals surface area contributed by atoms with Gasteiger partial charge in [-0.15, -0.1) is 0 Å². The molecule has 1 unspecified atom stereocenters. The molecule has 3 rings (SSSR count). The lowest BCUT2D eigenvalue weighted by atomic mass is 10.2. The van der Waals surface area contributed by atoms with Crippen molar-refractivity contribution >= 4 is 17.7 Å². The van der Waals surface area contributed by atoms with Crippen LogP contribution in [-0.2, 0) is 4.74 Å². The number of rotatable bonds is 8.